The molecule has 8 aromatic rings. The van der Waals surface area contributed by atoms with Gasteiger partial charge in [-0.3, -0.25) is 0 Å². The van der Waals surface area contributed by atoms with Crippen LogP contribution in [-0.2, 0) is 30.9 Å². The highest BCUT2D eigenvalue weighted by Crippen LogP contribution is 2.37. The van der Waals surface area contributed by atoms with Gasteiger partial charge in [0.05, 0.1) is 72.3 Å². The minimum absolute atomic E-state index is 0.0278. The minimum atomic E-state index is -5.04. The third kappa shape index (κ3) is 30.6. The molecule has 0 atom stereocenters. The van der Waals surface area contributed by atoms with E-state index in [0.29, 0.717) is 12.1 Å². The molecule has 0 saturated heterocycles. The Bertz CT molecular complexity index is 3960. The average molecular weight is 1410 g/mol. The highest BCUT2D eigenvalue weighted by molar-refractivity contribution is 5.91. The lowest BCUT2D eigenvalue weighted by molar-refractivity contribution is -0.143. The molecular formula is C61H38F20O16. The van der Waals surface area contributed by atoms with Crippen molar-refractivity contribution in [2.24, 2.45) is 0 Å². The first kappa shape index (κ1) is 83.1. The van der Waals surface area contributed by atoms with Gasteiger partial charge in [-0.2, -0.15) is 65.9 Å². The van der Waals surface area contributed by atoms with Crippen LogP contribution in [0.15, 0.2) is 182 Å². The number of alkyl halides is 15. The molecule has 0 fully saturated rings. The van der Waals surface area contributed by atoms with Gasteiger partial charge in [-0.15, -0.1) is 0 Å². The topological polar surface area (TPSA) is 298 Å². The fourth-order valence-corrected chi connectivity index (χ4v) is 6.15. The zero-order valence-electron chi connectivity index (χ0n) is 47.2. The van der Waals surface area contributed by atoms with Crippen molar-refractivity contribution in [1.29, 1.82) is 0 Å². The van der Waals surface area contributed by atoms with Gasteiger partial charge in [0.1, 0.15) is 29.1 Å². The van der Waals surface area contributed by atoms with Crippen LogP contribution in [0.1, 0.15) is 111 Å². The van der Waals surface area contributed by atoms with E-state index in [2.05, 4.69) is 0 Å². The van der Waals surface area contributed by atoms with Crippen molar-refractivity contribution >= 4 is 47.8 Å². The Morgan fingerprint density at radius 3 is 0.887 bits per heavy atom. The number of hydrogen-bond donors (Lipinski definition) is 8. The Morgan fingerprint density at radius 2 is 0.557 bits per heavy atom. The summed E-state index contributed by atoms with van der Waals surface area (Å²) in [6, 6.07) is 28.1. The molecule has 0 aliphatic rings. The maximum Gasteiger partial charge on any atom is 0.417 e. The zero-order chi connectivity index (χ0) is 74.7. The van der Waals surface area contributed by atoms with Crippen molar-refractivity contribution in [1.82, 2.24) is 0 Å². The van der Waals surface area contributed by atoms with Gasteiger partial charge >= 0.3 is 78.6 Å². The van der Waals surface area contributed by atoms with Gasteiger partial charge in [0.15, 0.2) is 0 Å². The molecule has 8 N–H and O–H groups in total. The lowest BCUT2D eigenvalue weighted by Crippen LogP contribution is -2.13. The summed E-state index contributed by atoms with van der Waals surface area (Å²) in [4.78, 5) is 82.1. The molecule has 0 aromatic heterocycles. The maximum atomic E-state index is 12.5. The van der Waals surface area contributed by atoms with Crippen molar-refractivity contribution < 1.29 is 167 Å². The van der Waals surface area contributed by atoms with Crippen LogP contribution in [0.3, 0.4) is 0 Å². The van der Waals surface area contributed by atoms with E-state index in [4.69, 9.17) is 40.9 Å². The molecule has 518 valence electrons. The highest BCUT2D eigenvalue weighted by Gasteiger charge is 2.38. The monoisotopic (exact) mass is 1410 g/mol. The standard InChI is InChI=1S/C9H4F6O2.3C8H5F3O2.C7H4F2O2.3C7H5FO2/c10-8(11,12)5-1-4(7(16)17)2-6(3-5)9(13,14)15;9-8(10,11)6-3-1-5(2-4-6)7(12)13;9-8(10,11)6-3-1-2-5(4-6)7(12)13;9-8(10,11)6-4-2-1-3-5(6)7(12)13;8-5-1-4(7(10)11)2-6(9)3-5;8-6-3-1-5(2-4-6)7(9)10;8-6-3-1-2-5(4-6)7(9)10;8-6-4-2-1-3-5(6)7(9)10/h1-3H,(H,16,17);3*1-4H,(H,12,13);1-3H,(H,10,11);3*1-4H,(H,9,10). The quantitative estimate of drug-likeness (QED) is 0.0656. The zero-order valence-corrected chi connectivity index (χ0v) is 47.2. The molecule has 36 heteroatoms. The summed E-state index contributed by atoms with van der Waals surface area (Å²) in [6.45, 7) is 0. The molecule has 0 radical (unpaired) electrons. The summed E-state index contributed by atoms with van der Waals surface area (Å²) < 4.78 is 243. The average Bonchev–Trinajstić information content (AvgIpc) is 0.869. The number of carbonyl (C=O) groups is 8. The SMILES string of the molecule is O=C(O)c1cc(C(F)(F)F)cc(C(F)(F)F)c1.O=C(O)c1cc(F)cc(F)c1.O=C(O)c1ccc(C(F)(F)F)cc1.O=C(O)c1ccc(F)cc1.O=C(O)c1cccc(C(F)(F)F)c1.O=C(O)c1cccc(F)c1.O=C(O)c1ccccc1C(F)(F)F.O=C(O)c1ccccc1F. The van der Waals surface area contributed by atoms with Gasteiger partial charge in [-0.05, 0) is 140 Å². The van der Waals surface area contributed by atoms with Gasteiger partial charge in [0.25, 0.3) is 0 Å². The highest BCUT2D eigenvalue weighted by atomic mass is 19.4. The smallest absolute Gasteiger partial charge is 0.417 e. The predicted molar refractivity (Wildman–Crippen MR) is 292 cm³/mol. The Labute approximate surface area is 528 Å². The van der Waals surface area contributed by atoms with E-state index < -0.39 is 147 Å². The van der Waals surface area contributed by atoms with Gasteiger partial charge in [0.2, 0.25) is 0 Å². The van der Waals surface area contributed by atoms with Crippen molar-refractivity contribution in [2.45, 2.75) is 30.9 Å². The Kier molecular flexibility index (Phi) is 31.3. The van der Waals surface area contributed by atoms with Crippen LogP contribution in [0.5, 0.6) is 0 Å². The fraction of sp³-hybridized carbons (Fsp3) is 0.0820. The normalized spacial score (nSPS) is 10.7. The van der Waals surface area contributed by atoms with Crippen LogP contribution in [0.4, 0.5) is 87.8 Å². The molecule has 8 aromatic carbocycles. The number of carboxylic acids is 8. The summed E-state index contributed by atoms with van der Waals surface area (Å²) in [5.74, 6) is -14.2. The number of halogens is 20. The Morgan fingerprint density at radius 1 is 0.227 bits per heavy atom. The number of benzene rings is 8. The summed E-state index contributed by atoms with van der Waals surface area (Å²) >= 11 is 0. The van der Waals surface area contributed by atoms with Gasteiger partial charge in [-0.1, -0.05) is 36.4 Å². The summed E-state index contributed by atoms with van der Waals surface area (Å²) in [5, 5.41) is 67.0. The second kappa shape index (κ2) is 36.5. The first-order valence-corrected chi connectivity index (χ1v) is 24.9. The van der Waals surface area contributed by atoms with E-state index >= 15 is 0 Å². The number of rotatable bonds is 8. The summed E-state index contributed by atoms with van der Waals surface area (Å²) in [7, 11) is 0. The van der Waals surface area contributed by atoms with Gasteiger partial charge in [-0.25, -0.2) is 60.3 Å². The summed E-state index contributed by atoms with van der Waals surface area (Å²) in [5.41, 5.74) is -9.14. The number of carboxylic acid groups (broad SMARTS) is 8. The molecule has 16 nitrogen and oxygen atoms in total. The molecular weight excluding hydrogens is 1370 g/mol. The van der Waals surface area contributed by atoms with Crippen molar-refractivity contribution in [3.05, 3.63) is 283 Å². The van der Waals surface area contributed by atoms with Crippen LogP contribution < -0.4 is 0 Å². The minimum Gasteiger partial charge on any atom is -0.478 e. The van der Waals surface area contributed by atoms with Crippen LogP contribution >= 0.6 is 0 Å². The van der Waals surface area contributed by atoms with Gasteiger partial charge < -0.3 is 40.9 Å². The fourth-order valence-electron chi connectivity index (χ4n) is 6.15. The third-order valence-corrected chi connectivity index (χ3v) is 10.6. The molecule has 0 aliphatic heterocycles. The van der Waals surface area contributed by atoms with Crippen molar-refractivity contribution in [3.8, 4) is 0 Å². The molecule has 0 unspecified atom stereocenters. The van der Waals surface area contributed by atoms with Crippen molar-refractivity contribution in [3.63, 3.8) is 0 Å². The first-order chi connectivity index (χ1) is 44.5. The van der Waals surface area contributed by atoms with Gasteiger partial charge in [0, 0.05) is 6.07 Å². The molecule has 0 spiro atoms. The van der Waals surface area contributed by atoms with Crippen molar-refractivity contribution in [2.75, 3.05) is 0 Å². The van der Waals surface area contributed by atoms with E-state index in [9.17, 15) is 126 Å². The van der Waals surface area contributed by atoms with Crippen LogP contribution in [0.2, 0.25) is 0 Å². The lowest BCUT2D eigenvalue weighted by atomic mass is 10.0. The number of aromatic carboxylic acids is 8. The molecule has 8 rings (SSSR count). The lowest BCUT2D eigenvalue weighted by Gasteiger charge is -2.12. The van der Waals surface area contributed by atoms with Crippen LogP contribution in [0, 0.1) is 29.1 Å². The third-order valence-electron chi connectivity index (χ3n) is 10.6. The van der Waals surface area contributed by atoms with E-state index in [0.717, 1.165) is 97.1 Å². The van der Waals surface area contributed by atoms with E-state index in [1.54, 1.807) is 0 Å². The molecule has 0 saturated carbocycles. The predicted octanol–water partition coefficient (Wildman–Crippen LogP) is 16.9. The van der Waals surface area contributed by atoms with E-state index in [1.165, 1.54) is 54.6 Å². The second-order valence-electron chi connectivity index (χ2n) is 17.6. The molecule has 0 bridgehead atoms. The Balaban J connectivity index is 0.000000558. The second-order valence-corrected chi connectivity index (χ2v) is 17.6. The molecule has 0 aliphatic carbocycles. The van der Waals surface area contributed by atoms with E-state index in [1.807, 2.05) is 0 Å². The van der Waals surface area contributed by atoms with E-state index in [-0.39, 0.29) is 51.6 Å². The summed E-state index contributed by atoms with van der Waals surface area (Å²) in [6.07, 6.45) is -23.6. The van der Waals surface area contributed by atoms with Crippen LogP contribution in [-0.4, -0.2) is 88.6 Å². The van der Waals surface area contributed by atoms with Crippen LogP contribution in [0.25, 0.3) is 0 Å². The Hall–Kier alpha value is -11.9. The number of hydrogen-bond acceptors (Lipinski definition) is 8. The molecule has 0 heterocycles. The maximum absolute atomic E-state index is 12.5. The molecule has 97 heavy (non-hydrogen) atoms. The molecule has 0 amide bonds. The first-order valence-electron chi connectivity index (χ1n) is 24.9. The largest absolute Gasteiger partial charge is 0.478 e.